The summed E-state index contributed by atoms with van der Waals surface area (Å²) in [7, 11) is 0. The molecule has 1 amide bonds. The Morgan fingerprint density at radius 1 is 0.875 bits per heavy atom. The molecule has 0 bridgehead atoms. The van der Waals surface area contributed by atoms with Crippen LogP contribution in [0.4, 0.5) is 5.00 Å². The number of aromatic amines is 1. The number of carbonyl (C=O) groups is 4. The van der Waals surface area contributed by atoms with E-state index in [0.717, 1.165) is 10.4 Å². The molecule has 0 unspecified atom stereocenters. The number of hydrogen-bond acceptors (Lipinski definition) is 8. The van der Waals surface area contributed by atoms with Crippen LogP contribution in [-0.4, -0.2) is 48.6 Å². The van der Waals surface area contributed by atoms with E-state index in [9.17, 15) is 19.2 Å². The van der Waals surface area contributed by atoms with Gasteiger partial charge in [0.05, 0.1) is 24.3 Å². The van der Waals surface area contributed by atoms with E-state index in [2.05, 4.69) is 10.3 Å². The molecular weight excluding hydrogens is 436 g/mol. The fourth-order valence-electron chi connectivity index (χ4n) is 3.34. The molecule has 0 atom stereocenters. The average Bonchev–Trinajstić information content (AvgIpc) is 3.21. The smallest absolute Gasteiger partial charge is 0.355 e. The zero-order valence-electron chi connectivity index (χ0n) is 19.1. The molecule has 0 radical (unpaired) electrons. The fraction of sp³-hybridized carbons (Fsp3) is 0.455. The number of aromatic nitrogens is 1. The maximum absolute atomic E-state index is 12.6. The molecule has 2 heterocycles. The summed E-state index contributed by atoms with van der Waals surface area (Å²) in [6.07, 6.45) is 0.607. The van der Waals surface area contributed by atoms with E-state index >= 15 is 0 Å². The fourth-order valence-corrected chi connectivity index (χ4v) is 4.49. The van der Waals surface area contributed by atoms with E-state index in [4.69, 9.17) is 14.2 Å². The maximum Gasteiger partial charge on any atom is 0.355 e. The second-order valence-electron chi connectivity index (χ2n) is 6.88. The molecule has 0 fully saturated rings. The van der Waals surface area contributed by atoms with Gasteiger partial charge < -0.3 is 24.5 Å². The standard InChI is InChI=1S/C22H28N2O7S/c1-7-14-13(6)32-19(17(14)21(27)29-8-2)24-15(25)10-31-20(26)16-11(4)18(23-12(16)5)22(28)30-9-3/h23H,7-10H2,1-6H3,(H,24,25). The summed E-state index contributed by atoms with van der Waals surface area (Å²) in [5.41, 5.74) is 2.30. The average molecular weight is 465 g/mol. The lowest BCUT2D eigenvalue weighted by molar-refractivity contribution is -0.119. The topological polar surface area (TPSA) is 124 Å². The third kappa shape index (κ3) is 5.37. The summed E-state index contributed by atoms with van der Waals surface area (Å²) < 4.78 is 15.2. The zero-order valence-corrected chi connectivity index (χ0v) is 19.9. The third-order valence-corrected chi connectivity index (χ3v) is 5.81. The molecule has 2 rings (SSSR count). The van der Waals surface area contributed by atoms with Gasteiger partial charge in [0.1, 0.15) is 10.7 Å². The van der Waals surface area contributed by atoms with Crippen molar-refractivity contribution in [1.29, 1.82) is 0 Å². The molecule has 32 heavy (non-hydrogen) atoms. The van der Waals surface area contributed by atoms with Crippen LogP contribution in [0, 0.1) is 20.8 Å². The Morgan fingerprint density at radius 2 is 1.47 bits per heavy atom. The number of rotatable bonds is 9. The highest BCUT2D eigenvalue weighted by Gasteiger charge is 2.26. The summed E-state index contributed by atoms with van der Waals surface area (Å²) in [4.78, 5) is 53.1. The molecule has 10 heteroatoms. The highest BCUT2D eigenvalue weighted by atomic mass is 32.1. The second-order valence-corrected chi connectivity index (χ2v) is 8.11. The van der Waals surface area contributed by atoms with Gasteiger partial charge in [-0.15, -0.1) is 11.3 Å². The molecule has 0 saturated carbocycles. The third-order valence-electron chi connectivity index (χ3n) is 4.75. The minimum Gasteiger partial charge on any atom is -0.462 e. The van der Waals surface area contributed by atoms with E-state index in [1.165, 1.54) is 11.3 Å². The van der Waals surface area contributed by atoms with Crippen LogP contribution in [0.2, 0.25) is 0 Å². The Hall–Kier alpha value is -3.14. The van der Waals surface area contributed by atoms with E-state index in [1.807, 2.05) is 13.8 Å². The van der Waals surface area contributed by atoms with Crippen molar-refractivity contribution in [2.75, 3.05) is 25.1 Å². The Bertz CT molecular complexity index is 1040. The molecule has 2 aromatic heterocycles. The van der Waals surface area contributed by atoms with Crippen molar-refractivity contribution >= 4 is 40.2 Å². The predicted octanol–water partition coefficient (Wildman–Crippen LogP) is 3.71. The number of esters is 3. The Morgan fingerprint density at radius 3 is 2.06 bits per heavy atom. The van der Waals surface area contributed by atoms with Crippen LogP contribution in [0.3, 0.4) is 0 Å². The summed E-state index contributed by atoms with van der Waals surface area (Å²) in [5, 5.41) is 3.00. The highest BCUT2D eigenvalue weighted by Crippen LogP contribution is 2.34. The number of H-pyrrole nitrogens is 1. The second kappa shape index (κ2) is 10.9. The number of thiophene rings is 1. The number of anilines is 1. The van der Waals surface area contributed by atoms with Crippen LogP contribution in [0.1, 0.15) is 73.7 Å². The highest BCUT2D eigenvalue weighted by molar-refractivity contribution is 7.16. The normalized spacial score (nSPS) is 10.6. The van der Waals surface area contributed by atoms with Crippen molar-refractivity contribution in [3.8, 4) is 0 Å². The molecule has 2 aromatic rings. The minimum absolute atomic E-state index is 0.168. The maximum atomic E-state index is 12.6. The molecule has 0 aromatic carbocycles. The predicted molar refractivity (Wildman–Crippen MR) is 120 cm³/mol. The van der Waals surface area contributed by atoms with Gasteiger partial charge in [0.25, 0.3) is 5.91 Å². The van der Waals surface area contributed by atoms with Crippen molar-refractivity contribution in [3.05, 3.63) is 38.5 Å². The van der Waals surface area contributed by atoms with Gasteiger partial charge >= 0.3 is 17.9 Å². The van der Waals surface area contributed by atoms with Crippen LogP contribution in [0.25, 0.3) is 0 Å². The SMILES string of the molecule is CCOC(=O)c1[nH]c(C)c(C(=O)OCC(=O)Nc2sc(C)c(CC)c2C(=O)OCC)c1C. The number of hydrogen-bond donors (Lipinski definition) is 2. The van der Waals surface area contributed by atoms with Gasteiger partial charge in [-0.05, 0) is 52.2 Å². The molecule has 9 nitrogen and oxygen atoms in total. The zero-order chi connectivity index (χ0) is 24.0. The van der Waals surface area contributed by atoms with Crippen molar-refractivity contribution in [2.24, 2.45) is 0 Å². The molecule has 174 valence electrons. The summed E-state index contributed by atoms with van der Waals surface area (Å²) in [6.45, 7) is 10.2. The van der Waals surface area contributed by atoms with Crippen LogP contribution >= 0.6 is 11.3 Å². The monoisotopic (exact) mass is 464 g/mol. The lowest BCUT2D eigenvalue weighted by atomic mass is 10.1. The molecule has 0 spiro atoms. The first-order valence-corrected chi connectivity index (χ1v) is 11.1. The van der Waals surface area contributed by atoms with Gasteiger partial charge in [0.2, 0.25) is 0 Å². The largest absolute Gasteiger partial charge is 0.462 e. The quantitative estimate of drug-likeness (QED) is 0.428. The Labute approximate surface area is 190 Å². The molecular formula is C22H28N2O7S. The molecule has 0 aliphatic carbocycles. The van der Waals surface area contributed by atoms with Crippen LogP contribution in [-0.2, 0) is 25.4 Å². The number of amides is 1. The first-order chi connectivity index (χ1) is 15.2. The molecule has 0 saturated heterocycles. The van der Waals surface area contributed by atoms with Crippen molar-refractivity contribution in [2.45, 2.75) is 48.0 Å². The van der Waals surface area contributed by atoms with Crippen molar-refractivity contribution < 1.29 is 33.4 Å². The van der Waals surface area contributed by atoms with Crippen LogP contribution in [0.15, 0.2) is 0 Å². The molecule has 0 aliphatic heterocycles. The molecule has 2 N–H and O–H groups in total. The van der Waals surface area contributed by atoms with Gasteiger partial charge in [0.15, 0.2) is 6.61 Å². The van der Waals surface area contributed by atoms with Gasteiger partial charge in [-0.2, -0.15) is 0 Å². The lowest BCUT2D eigenvalue weighted by Crippen LogP contribution is -2.22. The number of nitrogens with one attached hydrogen (secondary N) is 2. The summed E-state index contributed by atoms with van der Waals surface area (Å²) in [6, 6.07) is 0. The van der Waals surface area contributed by atoms with Crippen LogP contribution in [0.5, 0.6) is 0 Å². The van der Waals surface area contributed by atoms with Gasteiger partial charge in [0, 0.05) is 10.6 Å². The number of carbonyl (C=O) groups excluding carboxylic acids is 4. The van der Waals surface area contributed by atoms with E-state index in [0.29, 0.717) is 28.2 Å². The van der Waals surface area contributed by atoms with Gasteiger partial charge in [-0.1, -0.05) is 6.92 Å². The van der Waals surface area contributed by atoms with Gasteiger partial charge in [-0.25, -0.2) is 14.4 Å². The number of ether oxygens (including phenoxy) is 3. The minimum atomic E-state index is -0.746. The van der Waals surface area contributed by atoms with Gasteiger partial charge in [-0.3, -0.25) is 4.79 Å². The molecule has 0 aliphatic rings. The van der Waals surface area contributed by atoms with E-state index in [-0.39, 0.29) is 24.5 Å². The van der Waals surface area contributed by atoms with E-state index < -0.39 is 30.4 Å². The Balaban J connectivity index is 2.12. The van der Waals surface area contributed by atoms with Crippen molar-refractivity contribution in [1.82, 2.24) is 4.98 Å². The van der Waals surface area contributed by atoms with Crippen molar-refractivity contribution in [3.63, 3.8) is 0 Å². The lowest BCUT2D eigenvalue weighted by Gasteiger charge is -2.09. The number of aryl methyl sites for hydroxylation is 2. The first kappa shape index (κ1) is 25.1. The van der Waals surface area contributed by atoms with Crippen LogP contribution < -0.4 is 5.32 Å². The first-order valence-electron chi connectivity index (χ1n) is 10.3. The van der Waals surface area contributed by atoms with E-state index in [1.54, 1.807) is 27.7 Å². The Kier molecular flexibility index (Phi) is 8.59. The summed E-state index contributed by atoms with van der Waals surface area (Å²) in [5.74, 6) is -2.42. The summed E-state index contributed by atoms with van der Waals surface area (Å²) >= 11 is 1.27.